The van der Waals surface area contributed by atoms with Gasteiger partial charge in [0.2, 0.25) is 0 Å². The molecule has 0 saturated carbocycles. The van der Waals surface area contributed by atoms with Crippen LogP contribution in [0.4, 0.5) is 0 Å². The predicted octanol–water partition coefficient (Wildman–Crippen LogP) is 18.3. The Balaban J connectivity index is 4.26. The fourth-order valence-electron chi connectivity index (χ4n) is 8.65. The summed E-state index contributed by atoms with van der Waals surface area (Å²) in [6.45, 7) is 13.7. The molecule has 63 heavy (non-hydrogen) atoms. The second-order valence-electron chi connectivity index (χ2n) is 21.0. The van der Waals surface area contributed by atoms with E-state index in [2.05, 4.69) is 41.5 Å². The molecule has 0 radical (unpaired) electrons. The fourth-order valence-corrected chi connectivity index (χ4v) is 8.65. The Labute approximate surface area is 393 Å². The van der Waals surface area contributed by atoms with Gasteiger partial charge in [0.1, 0.15) is 13.2 Å². The number of rotatable bonds is 50. The first-order chi connectivity index (χ1) is 30.6. The van der Waals surface area contributed by atoms with E-state index in [0.717, 1.165) is 75.5 Å². The molecule has 0 spiro atoms. The van der Waals surface area contributed by atoms with Gasteiger partial charge in [-0.2, -0.15) is 0 Å². The Morgan fingerprint density at radius 3 is 0.683 bits per heavy atom. The normalized spacial score (nSPS) is 12.1. The summed E-state index contributed by atoms with van der Waals surface area (Å²) in [6, 6.07) is 0. The Hall–Kier alpha value is -1.59. The van der Waals surface area contributed by atoms with Gasteiger partial charge in [-0.1, -0.05) is 273 Å². The highest BCUT2D eigenvalue weighted by Crippen LogP contribution is 2.18. The van der Waals surface area contributed by atoms with Crippen molar-refractivity contribution in [3.8, 4) is 0 Å². The molecule has 6 nitrogen and oxygen atoms in total. The number of carbonyl (C=O) groups excluding carboxylic acids is 3. The van der Waals surface area contributed by atoms with Crippen molar-refractivity contribution < 1.29 is 28.6 Å². The molecule has 0 aliphatic heterocycles. The zero-order valence-corrected chi connectivity index (χ0v) is 43.4. The quantitative estimate of drug-likeness (QED) is 0.0344. The average Bonchev–Trinajstić information content (AvgIpc) is 3.24. The first-order valence-electron chi connectivity index (χ1n) is 28.1. The Bertz CT molecular complexity index is 976. The second kappa shape index (κ2) is 48.3. The van der Waals surface area contributed by atoms with Crippen molar-refractivity contribution in [1.82, 2.24) is 0 Å². The lowest BCUT2D eigenvalue weighted by Crippen LogP contribution is -2.30. The Morgan fingerprint density at radius 1 is 0.270 bits per heavy atom. The summed E-state index contributed by atoms with van der Waals surface area (Å²) >= 11 is 0. The van der Waals surface area contributed by atoms with Gasteiger partial charge in [-0.15, -0.1) is 0 Å². The number of carbonyl (C=O) groups is 3. The summed E-state index contributed by atoms with van der Waals surface area (Å²) in [4.78, 5) is 38.1. The predicted molar refractivity (Wildman–Crippen MR) is 270 cm³/mol. The van der Waals surface area contributed by atoms with Crippen LogP contribution in [0.1, 0.15) is 311 Å². The van der Waals surface area contributed by atoms with Gasteiger partial charge < -0.3 is 14.2 Å². The Morgan fingerprint density at radius 2 is 0.460 bits per heavy atom. The zero-order valence-electron chi connectivity index (χ0n) is 43.4. The molecule has 0 rings (SSSR count). The van der Waals surface area contributed by atoms with Crippen molar-refractivity contribution in [3.05, 3.63) is 0 Å². The molecule has 0 aromatic rings. The molecule has 0 unspecified atom stereocenters. The summed E-state index contributed by atoms with van der Waals surface area (Å²) in [5.74, 6) is 1.64. The van der Waals surface area contributed by atoms with E-state index in [9.17, 15) is 14.4 Å². The number of hydrogen-bond acceptors (Lipinski definition) is 6. The van der Waals surface area contributed by atoms with Gasteiger partial charge in [0.15, 0.2) is 6.10 Å². The smallest absolute Gasteiger partial charge is 0.306 e. The second-order valence-corrected chi connectivity index (χ2v) is 21.0. The van der Waals surface area contributed by atoms with E-state index in [1.165, 1.54) is 193 Å². The molecule has 0 fully saturated rings. The van der Waals surface area contributed by atoms with Crippen LogP contribution in [0.5, 0.6) is 0 Å². The minimum atomic E-state index is -0.763. The number of hydrogen-bond donors (Lipinski definition) is 0. The van der Waals surface area contributed by atoms with Crippen molar-refractivity contribution >= 4 is 17.9 Å². The fraction of sp³-hybridized carbons (Fsp3) is 0.947. The van der Waals surface area contributed by atoms with E-state index in [1.807, 2.05) is 0 Å². The lowest BCUT2D eigenvalue weighted by molar-refractivity contribution is -0.167. The molecule has 0 heterocycles. The van der Waals surface area contributed by atoms with Crippen LogP contribution < -0.4 is 0 Å². The molecular formula is C57H110O6. The maximum Gasteiger partial charge on any atom is 0.306 e. The maximum absolute atomic E-state index is 12.8. The van der Waals surface area contributed by atoms with Crippen LogP contribution in [0.15, 0.2) is 0 Å². The Kier molecular flexibility index (Phi) is 47.1. The summed E-state index contributed by atoms with van der Waals surface area (Å²) in [7, 11) is 0. The highest BCUT2D eigenvalue weighted by atomic mass is 16.6. The van der Waals surface area contributed by atoms with E-state index < -0.39 is 6.10 Å². The van der Waals surface area contributed by atoms with Crippen LogP contribution in [-0.4, -0.2) is 37.2 Å². The molecular weight excluding hydrogens is 781 g/mol. The van der Waals surface area contributed by atoms with Crippen molar-refractivity contribution in [2.75, 3.05) is 13.2 Å². The number of ether oxygens (including phenoxy) is 3. The van der Waals surface area contributed by atoms with E-state index in [0.29, 0.717) is 19.3 Å². The molecule has 1 atom stereocenters. The average molecular weight is 892 g/mol. The lowest BCUT2D eigenvalue weighted by atomic mass is 10.0. The molecule has 0 saturated heterocycles. The molecule has 0 aromatic heterocycles. The van der Waals surface area contributed by atoms with Crippen LogP contribution in [0.25, 0.3) is 0 Å². The summed E-state index contributed by atoms with van der Waals surface area (Å²) < 4.78 is 16.9. The van der Waals surface area contributed by atoms with Gasteiger partial charge in [-0.3, -0.25) is 14.4 Å². The molecule has 0 aliphatic rings. The van der Waals surface area contributed by atoms with Gasteiger partial charge in [-0.25, -0.2) is 0 Å². The van der Waals surface area contributed by atoms with Crippen LogP contribution in [0.2, 0.25) is 0 Å². The highest BCUT2D eigenvalue weighted by molar-refractivity contribution is 5.71. The van der Waals surface area contributed by atoms with Crippen LogP contribution in [0, 0.1) is 17.8 Å². The SMILES string of the molecule is CC(C)CCCCCCCCCCCCCCCCCCC(=O)OC[C@@H](COC(=O)CCCCCCCCCCCCCC(C)C)OC(=O)CCCCCCCCCCCC(C)C. The van der Waals surface area contributed by atoms with E-state index >= 15 is 0 Å². The van der Waals surface area contributed by atoms with Gasteiger partial charge in [0.05, 0.1) is 0 Å². The minimum absolute atomic E-state index is 0.0641. The first kappa shape index (κ1) is 61.4. The molecule has 6 heteroatoms. The van der Waals surface area contributed by atoms with Crippen LogP contribution >= 0.6 is 0 Å². The van der Waals surface area contributed by atoms with E-state index in [1.54, 1.807) is 0 Å². The zero-order chi connectivity index (χ0) is 46.3. The third kappa shape index (κ3) is 51.3. The summed E-state index contributed by atoms with van der Waals surface area (Å²) in [5.41, 5.74) is 0. The largest absolute Gasteiger partial charge is 0.462 e. The molecule has 0 N–H and O–H groups in total. The molecule has 0 bridgehead atoms. The lowest BCUT2D eigenvalue weighted by Gasteiger charge is -2.18. The van der Waals surface area contributed by atoms with Crippen molar-refractivity contribution in [1.29, 1.82) is 0 Å². The van der Waals surface area contributed by atoms with Gasteiger partial charge in [0, 0.05) is 19.3 Å². The standard InChI is InChI=1S/C57H110O6/c1-51(2)43-37-31-25-19-14-11-9-7-8-10-12-16-22-28-34-40-46-55(58)61-49-54(63-57(60)48-42-36-30-24-18-21-27-33-39-45-53(5)6)50-62-56(59)47-41-35-29-23-17-13-15-20-26-32-38-44-52(3)4/h51-54H,7-50H2,1-6H3/t54-/m0/s1. The van der Waals surface area contributed by atoms with Gasteiger partial charge in [0.25, 0.3) is 0 Å². The third-order valence-corrected chi connectivity index (χ3v) is 12.9. The van der Waals surface area contributed by atoms with E-state index in [-0.39, 0.29) is 31.1 Å². The number of unbranched alkanes of at least 4 members (excludes halogenated alkanes) is 33. The molecule has 0 aliphatic carbocycles. The summed E-state index contributed by atoms with van der Waals surface area (Å²) in [6.07, 6.45) is 49.5. The van der Waals surface area contributed by atoms with Crippen molar-refractivity contribution in [2.45, 2.75) is 317 Å². The number of esters is 3. The summed E-state index contributed by atoms with van der Waals surface area (Å²) in [5, 5.41) is 0. The van der Waals surface area contributed by atoms with Gasteiger partial charge in [-0.05, 0) is 37.0 Å². The molecule has 0 amide bonds. The minimum Gasteiger partial charge on any atom is -0.462 e. The molecule has 374 valence electrons. The van der Waals surface area contributed by atoms with Crippen molar-refractivity contribution in [3.63, 3.8) is 0 Å². The topological polar surface area (TPSA) is 78.9 Å². The first-order valence-corrected chi connectivity index (χ1v) is 28.1. The van der Waals surface area contributed by atoms with Crippen molar-refractivity contribution in [2.24, 2.45) is 17.8 Å². The molecule has 0 aromatic carbocycles. The van der Waals surface area contributed by atoms with Crippen LogP contribution in [0.3, 0.4) is 0 Å². The van der Waals surface area contributed by atoms with E-state index in [4.69, 9.17) is 14.2 Å². The highest BCUT2D eigenvalue weighted by Gasteiger charge is 2.19. The monoisotopic (exact) mass is 891 g/mol. The maximum atomic E-state index is 12.8. The van der Waals surface area contributed by atoms with Gasteiger partial charge >= 0.3 is 17.9 Å². The third-order valence-electron chi connectivity index (χ3n) is 12.9. The van der Waals surface area contributed by atoms with Crippen LogP contribution in [-0.2, 0) is 28.6 Å².